The molecule has 1 aromatic carbocycles. The van der Waals surface area contributed by atoms with Crippen LogP contribution < -0.4 is 15.6 Å². The molecule has 1 atom stereocenters. The minimum absolute atomic E-state index is 0.00394. The number of anilines is 1. The van der Waals surface area contributed by atoms with E-state index in [4.69, 9.17) is 17.3 Å². The average Bonchev–Trinajstić information content (AvgIpc) is 3.07. The molecule has 0 saturated carbocycles. The van der Waals surface area contributed by atoms with E-state index in [2.05, 4.69) is 22.2 Å². The Kier molecular flexibility index (Phi) is 10.0. The van der Waals surface area contributed by atoms with Gasteiger partial charge < -0.3 is 25.8 Å². The number of urea groups is 1. The molecule has 3 fully saturated rings. The molecule has 11 nitrogen and oxygen atoms in total. The van der Waals surface area contributed by atoms with Crippen molar-refractivity contribution in [2.24, 2.45) is 0 Å². The van der Waals surface area contributed by atoms with Crippen LogP contribution in [0.3, 0.4) is 0 Å². The lowest BCUT2D eigenvalue weighted by molar-refractivity contribution is -0.593. The largest absolute Gasteiger partial charge is 0.498 e. The molecule has 46 heavy (non-hydrogen) atoms. The minimum atomic E-state index is -0.721. The quantitative estimate of drug-likeness (QED) is 0.367. The van der Waals surface area contributed by atoms with E-state index in [1.165, 1.54) is 0 Å². The second-order valence-electron chi connectivity index (χ2n) is 13.4. The number of benzene rings is 1. The van der Waals surface area contributed by atoms with Crippen molar-refractivity contribution in [2.75, 3.05) is 71.7 Å². The number of nitrogens with two attached hydrogens (primary N) is 1. The number of fused-ring (bicyclic) bond motifs is 1. The van der Waals surface area contributed by atoms with E-state index < -0.39 is 6.04 Å². The van der Waals surface area contributed by atoms with Crippen LogP contribution in [0, 0.1) is 6.92 Å². The normalized spacial score (nSPS) is 21.3. The number of carbonyl (C=O) groups is 3. The van der Waals surface area contributed by atoms with E-state index in [1.54, 1.807) is 15.5 Å². The van der Waals surface area contributed by atoms with E-state index in [1.807, 2.05) is 47.2 Å². The maximum atomic E-state index is 14.0. The Morgan fingerprint density at radius 2 is 1.63 bits per heavy atom. The van der Waals surface area contributed by atoms with Crippen LogP contribution in [0.15, 0.2) is 36.5 Å². The molecule has 1 aromatic heterocycles. The second-order valence-corrected chi connectivity index (χ2v) is 13.8. The Morgan fingerprint density at radius 1 is 0.957 bits per heavy atom. The summed E-state index contributed by atoms with van der Waals surface area (Å²) >= 11 is 6.42. The molecule has 248 valence electrons. The lowest BCUT2D eigenvalue weighted by Crippen LogP contribution is -2.63. The molecule has 4 aliphatic heterocycles. The van der Waals surface area contributed by atoms with Gasteiger partial charge in [-0.2, -0.15) is 9.36 Å². The van der Waals surface area contributed by atoms with Gasteiger partial charge in [0, 0.05) is 84.1 Å². The smallest absolute Gasteiger partial charge is 0.397 e. The zero-order valence-corrected chi connectivity index (χ0v) is 27.9. The van der Waals surface area contributed by atoms with E-state index in [9.17, 15) is 14.4 Å². The molecule has 4 aliphatic rings. The first kappa shape index (κ1) is 32.5. The van der Waals surface area contributed by atoms with Crippen LogP contribution in [0.25, 0.3) is 0 Å². The Bertz CT molecular complexity index is 1410. The van der Waals surface area contributed by atoms with Gasteiger partial charge in [0.1, 0.15) is 17.8 Å². The molecule has 0 spiro atoms. The summed E-state index contributed by atoms with van der Waals surface area (Å²) in [6.07, 6.45) is 6.26. The molecule has 12 heteroatoms. The zero-order valence-electron chi connectivity index (χ0n) is 27.2. The predicted octanol–water partition coefficient (Wildman–Crippen LogP) is 2.37. The maximum absolute atomic E-state index is 14.0. The van der Waals surface area contributed by atoms with Gasteiger partial charge in [-0.15, -0.1) is 0 Å². The topological polar surface area (TPSA) is 109 Å². The van der Waals surface area contributed by atoms with Crippen LogP contribution in [-0.4, -0.2) is 127 Å². The molecule has 5 heterocycles. The molecular formula is C34H48ClN8O3+. The monoisotopic (exact) mass is 651 g/mol. The highest BCUT2D eigenvalue weighted by molar-refractivity contribution is 6.33. The molecule has 0 aliphatic carbocycles. The summed E-state index contributed by atoms with van der Waals surface area (Å²) in [5.74, 6) is -0.0553. The van der Waals surface area contributed by atoms with Crippen molar-refractivity contribution in [3.05, 3.63) is 58.4 Å². The Balaban J connectivity index is 1.09. The fraction of sp³-hybridized carbons (Fsp3) is 0.588. The number of rotatable bonds is 6. The Labute approximate surface area is 277 Å². The third-order valence-electron chi connectivity index (χ3n) is 10.5. The van der Waals surface area contributed by atoms with Crippen molar-refractivity contribution in [3.63, 3.8) is 0 Å². The first-order valence-corrected chi connectivity index (χ1v) is 17.2. The van der Waals surface area contributed by atoms with Crippen LogP contribution >= 0.6 is 11.6 Å². The van der Waals surface area contributed by atoms with Gasteiger partial charge in [-0.05, 0) is 56.1 Å². The fourth-order valence-corrected chi connectivity index (χ4v) is 7.83. The van der Waals surface area contributed by atoms with Crippen molar-refractivity contribution < 1.29 is 19.0 Å². The number of aryl methyl sites for hydroxylation is 1. The lowest BCUT2D eigenvalue weighted by Gasteiger charge is -2.42. The zero-order chi connectivity index (χ0) is 32.4. The van der Waals surface area contributed by atoms with Crippen LogP contribution in [0.4, 0.5) is 15.3 Å². The van der Waals surface area contributed by atoms with Gasteiger partial charge in [-0.25, -0.2) is 9.69 Å². The number of hydrogen-bond donors (Lipinski definition) is 2. The first-order valence-electron chi connectivity index (χ1n) is 16.8. The van der Waals surface area contributed by atoms with Crippen molar-refractivity contribution in [3.8, 4) is 0 Å². The number of nitrogen functional groups attached to an aromatic ring is 1. The van der Waals surface area contributed by atoms with E-state index in [0.29, 0.717) is 68.7 Å². The predicted molar refractivity (Wildman–Crippen MR) is 178 cm³/mol. The van der Waals surface area contributed by atoms with Gasteiger partial charge in [-0.3, -0.25) is 9.69 Å². The fourth-order valence-electron chi connectivity index (χ4n) is 7.54. The van der Waals surface area contributed by atoms with Gasteiger partial charge in [0.05, 0.1) is 23.5 Å². The second kappa shape index (κ2) is 14.1. The van der Waals surface area contributed by atoms with Gasteiger partial charge in [-0.1, -0.05) is 23.7 Å². The lowest BCUT2D eigenvalue weighted by atomic mass is 9.98. The SMILES string of the molecule is Cc1cc(C[C@@H](NC(=O)N2CCC(N3CCc4cccc[n+]4C3=O)CC2)C(=O)N2CCC(N3CCN(C)CC3)CC2)cc(Cl)c1N. The van der Waals surface area contributed by atoms with E-state index in [-0.39, 0.29) is 24.0 Å². The van der Waals surface area contributed by atoms with Crippen molar-refractivity contribution >= 4 is 35.3 Å². The molecule has 3 N–H and O–H groups in total. The number of amides is 4. The highest BCUT2D eigenvalue weighted by Gasteiger charge is 2.40. The summed E-state index contributed by atoms with van der Waals surface area (Å²) < 4.78 is 1.73. The highest BCUT2D eigenvalue weighted by Crippen LogP contribution is 2.26. The number of pyridine rings is 1. The third kappa shape index (κ3) is 7.11. The number of halogens is 1. The highest BCUT2D eigenvalue weighted by atomic mass is 35.5. The Morgan fingerprint density at radius 3 is 2.33 bits per heavy atom. The summed E-state index contributed by atoms with van der Waals surface area (Å²) in [5.41, 5.74) is 9.37. The van der Waals surface area contributed by atoms with Gasteiger partial charge in [0.25, 0.3) is 0 Å². The standard InChI is InChI=1S/C34H47ClN8O3/c1-24-21-25(22-29(35)31(24)36)23-30(32(44)40-12-6-26(7-13-40)39-19-17-38(2)18-20-39)37-33(45)41-14-8-28(9-15-41)43-16-10-27-5-3-4-11-42(27)34(43)46/h3-5,11,21-22,26,28,30H,6-10,12-20,23,36H2,1-2H3/p+1/t30-/m1/s1. The number of nitrogens with zero attached hydrogens (tertiary/aromatic N) is 6. The van der Waals surface area contributed by atoms with E-state index >= 15 is 0 Å². The number of hydrogen-bond acceptors (Lipinski definition) is 6. The van der Waals surface area contributed by atoms with Crippen molar-refractivity contribution in [2.45, 2.75) is 63.6 Å². The molecule has 0 radical (unpaired) electrons. The summed E-state index contributed by atoms with van der Waals surface area (Å²) in [6.45, 7) is 9.29. The summed E-state index contributed by atoms with van der Waals surface area (Å²) in [4.78, 5) is 51.5. The van der Waals surface area contributed by atoms with Crippen molar-refractivity contribution in [1.82, 2.24) is 29.8 Å². The first-order chi connectivity index (χ1) is 22.2. The number of nitrogens with one attached hydrogen (secondary N) is 1. The minimum Gasteiger partial charge on any atom is -0.397 e. The summed E-state index contributed by atoms with van der Waals surface area (Å²) in [6, 6.07) is 9.19. The molecule has 0 bridgehead atoms. The number of aromatic nitrogens is 1. The molecule has 2 aromatic rings. The van der Waals surface area contributed by atoms with Crippen LogP contribution in [0.5, 0.6) is 0 Å². The van der Waals surface area contributed by atoms with Gasteiger partial charge in [0.2, 0.25) is 5.91 Å². The number of carbonyl (C=O) groups excluding carboxylic acids is 3. The number of likely N-dealkylation sites (N-methyl/N-ethyl adjacent to an activating group) is 1. The number of piperazine rings is 1. The van der Waals surface area contributed by atoms with Crippen LogP contribution in [0.1, 0.15) is 42.5 Å². The summed E-state index contributed by atoms with van der Waals surface area (Å²) in [7, 11) is 2.17. The third-order valence-corrected chi connectivity index (χ3v) is 10.8. The van der Waals surface area contributed by atoms with Crippen LogP contribution in [-0.2, 0) is 17.6 Å². The maximum Gasteiger partial charge on any atom is 0.498 e. The van der Waals surface area contributed by atoms with E-state index in [0.717, 1.165) is 62.3 Å². The number of likely N-dealkylation sites (tertiary alicyclic amines) is 2. The molecular weight excluding hydrogens is 604 g/mol. The van der Waals surface area contributed by atoms with Crippen LogP contribution in [0.2, 0.25) is 5.02 Å². The average molecular weight is 652 g/mol. The molecule has 6 rings (SSSR count). The van der Waals surface area contributed by atoms with Gasteiger partial charge in [0.15, 0.2) is 0 Å². The number of piperidine rings is 2. The molecule has 3 saturated heterocycles. The van der Waals surface area contributed by atoms with Gasteiger partial charge >= 0.3 is 12.1 Å². The molecule has 4 amide bonds. The summed E-state index contributed by atoms with van der Waals surface area (Å²) in [5, 5.41) is 3.56. The Hall–Kier alpha value is -3.41. The van der Waals surface area contributed by atoms with Crippen molar-refractivity contribution in [1.29, 1.82) is 0 Å². The molecule has 0 unspecified atom stereocenters.